The number of rotatable bonds is 3. The van der Waals surface area contributed by atoms with Crippen LogP contribution >= 0.6 is 0 Å². The third-order valence-electron chi connectivity index (χ3n) is 4.76. The molecule has 5 nitrogen and oxygen atoms in total. The van der Waals surface area contributed by atoms with Crippen LogP contribution in [0.4, 0.5) is 19.3 Å². The molecule has 0 radical (unpaired) electrons. The summed E-state index contributed by atoms with van der Waals surface area (Å²) in [5.74, 6) is -0.607. The summed E-state index contributed by atoms with van der Waals surface area (Å²) in [6.07, 6.45) is 3.51. The van der Waals surface area contributed by atoms with E-state index in [0.29, 0.717) is 30.8 Å². The summed E-state index contributed by atoms with van der Waals surface area (Å²) in [5, 5.41) is 2.78. The molecule has 0 saturated carbocycles. The van der Waals surface area contributed by atoms with Crippen LogP contribution in [0, 0.1) is 17.6 Å². The first kappa shape index (κ1) is 18.1. The van der Waals surface area contributed by atoms with Crippen LogP contribution < -0.4 is 10.9 Å². The highest BCUT2D eigenvalue weighted by Gasteiger charge is 2.24. The van der Waals surface area contributed by atoms with Gasteiger partial charge in [0.05, 0.1) is 5.69 Å². The monoisotopic (exact) mass is 361 g/mol. The van der Waals surface area contributed by atoms with E-state index in [1.54, 1.807) is 24.2 Å². The van der Waals surface area contributed by atoms with Gasteiger partial charge in [0.15, 0.2) is 0 Å². The van der Waals surface area contributed by atoms with E-state index in [1.807, 2.05) is 0 Å². The maximum absolute atomic E-state index is 13.8. The first-order valence-corrected chi connectivity index (χ1v) is 8.59. The van der Waals surface area contributed by atoms with E-state index in [4.69, 9.17) is 0 Å². The fourth-order valence-electron chi connectivity index (χ4n) is 3.22. The van der Waals surface area contributed by atoms with Gasteiger partial charge in [0.2, 0.25) is 5.56 Å². The van der Waals surface area contributed by atoms with E-state index < -0.39 is 5.82 Å². The topological polar surface area (TPSA) is 54.3 Å². The number of amides is 2. The molecule has 0 spiro atoms. The van der Waals surface area contributed by atoms with E-state index in [1.165, 1.54) is 16.7 Å². The largest absolute Gasteiger partial charge is 0.325 e. The third kappa shape index (κ3) is 4.28. The van der Waals surface area contributed by atoms with Crippen molar-refractivity contribution in [3.8, 4) is 0 Å². The quantitative estimate of drug-likeness (QED) is 0.913. The zero-order valence-corrected chi connectivity index (χ0v) is 14.5. The van der Waals surface area contributed by atoms with Gasteiger partial charge in [0.1, 0.15) is 11.6 Å². The standard InChI is InChI=1S/C19H21F2N3O2/c1-23-12-16(3-5-18(23)25)22-19(26)24-8-6-13(7-9-24)10-14-11-15(20)2-4-17(14)21/h2-5,11-13H,6-10H2,1H3,(H,22,26). The van der Waals surface area contributed by atoms with E-state index in [9.17, 15) is 18.4 Å². The number of hydrogen-bond donors (Lipinski definition) is 1. The fourth-order valence-corrected chi connectivity index (χ4v) is 3.22. The number of halogens is 2. The number of pyridine rings is 1. The SMILES string of the molecule is Cn1cc(NC(=O)N2CCC(Cc3cc(F)ccc3F)CC2)ccc1=O. The van der Waals surface area contributed by atoms with Crippen molar-refractivity contribution in [3.63, 3.8) is 0 Å². The van der Waals surface area contributed by atoms with Crippen molar-refractivity contribution in [1.29, 1.82) is 0 Å². The Labute approximate surface area is 150 Å². The third-order valence-corrected chi connectivity index (χ3v) is 4.76. The van der Waals surface area contributed by atoms with Gasteiger partial charge in [-0.25, -0.2) is 13.6 Å². The Morgan fingerprint density at radius 3 is 2.62 bits per heavy atom. The molecular formula is C19H21F2N3O2. The molecule has 0 bridgehead atoms. The first-order chi connectivity index (χ1) is 12.4. The molecule has 0 atom stereocenters. The van der Waals surface area contributed by atoms with Gasteiger partial charge in [-0.1, -0.05) is 0 Å². The number of urea groups is 1. The Kier molecular flexibility index (Phi) is 5.35. The van der Waals surface area contributed by atoms with E-state index in [2.05, 4.69) is 5.32 Å². The Balaban J connectivity index is 1.54. The molecule has 2 aromatic rings. The smallest absolute Gasteiger partial charge is 0.321 e. The molecule has 0 aliphatic carbocycles. The van der Waals surface area contributed by atoms with Crippen molar-refractivity contribution in [2.75, 3.05) is 18.4 Å². The van der Waals surface area contributed by atoms with Gasteiger partial charge in [0, 0.05) is 32.4 Å². The van der Waals surface area contributed by atoms with E-state index in [0.717, 1.165) is 25.0 Å². The molecule has 1 aliphatic heterocycles. The summed E-state index contributed by atoms with van der Waals surface area (Å²) in [5.41, 5.74) is 0.799. The van der Waals surface area contributed by atoms with Crippen LogP contribution in [0.15, 0.2) is 41.3 Å². The highest BCUT2D eigenvalue weighted by atomic mass is 19.1. The van der Waals surface area contributed by atoms with Gasteiger partial charge in [-0.15, -0.1) is 0 Å². The molecule has 0 unspecified atom stereocenters. The van der Waals surface area contributed by atoms with Crippen molar-refractivity contribution in [3.05, 3.63) is 64.1 Å². The Morgan fingerprint density at radius 2 is 1.92 bits per heavy atom. The predicted octanol–water partition coefficient (Wildman–Crippen LogP) is 3.15. The summed E-state index contributed by atoms with van der Waals surface area (Å²) in [4.78, 5) is 25.4. The van der Waals surface area contributed by atoms with Gasteiger partial charge < -0.3 is 14.8 Å². The van der Waals surface area contributed by atoms with Crippen molar-refractivity contribution in [2.24, 2.45) is 13.0 Å². The van der Waals surface area contributed by atoms with Crippen LogP contribution in [0.2, 0.25) is 0 Å². The fraction of sp³-hybridized carbons (Fsp3) is 0.368. The predicted molar refractivity (Wildman–Crippen MR) is 95.1 cm³/mol. The lowest BCUT2D eigenvalue weighted by molar-refractivity contribution is 0.182. The summed E-state index contributed by atoms with van der Waals surface area (Å²) < 4.78 is 28.4. The molecule has 7 heteroatoms. The number of nitrogens with one attached hydrogen (secondary N) is 1. The average Bonchev–Trinajstić information content (AvgIpc) is 2.62. The van der Waals surface area contributed by atoms with Gasteiger partial charge in [-0.2, -0.15) is 0 Å². The van der Waals surface area contributed by atoms with Gasteiger partial charge >= 0.3 is 6.03 Å². The molecule has 2 amide bonds. The summed E-state index contributed by atoms with van der Waals surface area (Å²) in [6, 6.07) is 6.26. The summed E-state index contributed by atoms with van der Waals surface area (Å²) in [7, 11) is 1.62. The van der Waals surface area contributed by atoms with Crippen molar-refractivity contribution in [2.45, 2.75) is 19.3 Å². The first-order valence-electron chi connectivity index (χ1n) is 8.59. The minimum Gasteiger partial charge on any atom is -0.325 e. The zero-order chi connectivity index (χ0) is 18.7. The van der Waals surface area contributed by atoms with E-state index in [-0.39, 0.29) is 23.3 Å². The maximum Gasteiger partial charge on any atom is 0.321 e. The zero-order valence-electron chi connectivity index (χ0n) is 14.5. The van der Waals surface area contributed by atoms with Crippen LogP contribution in [-0.2, 0) is 13.5 Å². The Morgan fingerprint density at radius 1 is 1.19 bits per heavy atom. The Hall–Kier alpha value is -2.70. The molecule has 1 saturated heterocycles. The van der Waals surface area contributed by atoms with Crippen LogP contribution in [0.3, 0.4) is 0 Å². The van der Waals surface area contributed by atoms with Crippen LogP contribution in [0.25, 0.3) is 0 Å². The molecule has 1 N–H and O–H groups in total. The van der Waals surface area contributed by atoms with Gasteiger partial charge in [0.25, 0.3) is 0 Å². The average molecular weight is 361 g/mol. The molecule has 1 aromatic carbocycles. The molecule has 1 aliphatic rings. The highest BCUT2D eigenvalue weighted by Crippen LogP contribution is 2.24. The van der Waals surface area contributed by atoms with Crippen molar-refractivity contribution in [1.82, 2.24) is 9.47 Å². The van der Waals surface area contributed by atoms with Crippen LogP contribution in [0.5, 0.6) is 0 Å². The lowest BCUT2D eigenvalue weighted by Crippen LogP contribution is -2.41. The lowest BCUT2D eigenvalue weighted by Gasteiger charge is -2.32. The van der Waals surface area contributed by atoms with Crippen molar-refractivity contribution >= 4 is 11.7 Å². The number of anilines is 1. The normalized spacial score (nSPS) is 15.1. The summed E-state index contributed by atoms with van der Waals surface area (Å²) in [6.45, 7) is 1.11. The second-order valence-corrected chi connectivity index (χ2v) is 6.67. The van der Waals surface area contributed by atoms with Gasteiger partial charge in [-0.05, 0) is 55.0 Å². The number of likely N-dealkylation sites (tertiary alicyclic amines) is 1. The molecule has 26 heavy (non-hydrogen) atoms. The summed E-state index contributed by atoms with van der Waals surface area (Å²) >= 11 is 0. The second-order valence-electron chi connectivity index (χ2n) is 6.67. The molecule has 138 valence electrons. The van der Waals surface area contributed by atoms with Gasteiger partial charge in [-0.3, -0.25) is 4.79 Å². The van der Waals surface area contributed by atoms with Crippen LogP contribution in [0.1, 0.15) is 18.4 Å². The second kappa shape index (κ2) is 7.68. The molecule has 3 rings (SSSR count). The Bertz CT molecular complexity index is 858. The van der Waals surface area contributed by atoms with Crippen molar-refractivity contribution < 1.29 is 13.6 Å². The number of carbonyl (C=O) groups is 1. The molecule has 1 fully saturated rings. The number of aryl methyl sites for hydroxylation is 1. The van der Waals surface area contributed by atoms with E-state index >= 15 is 0 Å². The molecular weight excluding hydrogens is 340 g/mol. The lowest BCUT2D eigenvalue weighted by atomic mass is 9.90. The number of piperidine rings is 1. The number of hydrogen-bond acceptors (Lipinski definition) is 2. The highest BCUT2D eigenvalue weighted by molar-refractivity contribution is 5.89. The van der Waals surface area contributed by atoms with Crippen LogP contribution in [-0.4, -0.2) is 28.6 Å². The number of aromatic nitrogens is 1. The number of nitrogens with zero attached hydrogens (tertiary/aromatic N) is 2. The minimum absolute atomic E-state index is 0.145. The number of benzene rings is 1. The molecule has 2 heterocycles. The minimum atomic E-state index is -0.435. The maximum atomic E-state index is 13.8. The molecule has 1 aromatic heterocycles. The number of carbonyl (C=O) groups excluding carboxylic acids is 1.